The van der Waals surface area contributed by atoms with E-state index in [0.717, 1.165) is 29.3 Å². The Balaban J connectivity index is 1.67. The van der Waals surface area contributed by atoms with E-state index in [2.05, 4.69) is 27.3 Å². The minimum Gasteiger partial charge on any atom is -0.422 e. The summed E-state index contributed by atoms with van der Waals surface area (Å²) in [6, 6.07) is 15.0. The summed E-state index contributed by atoms with van der Waals surface area (Å²) in [6.07, 6.45) is 2.91. The lowest BCUT2D eigenvalue weighted by Gasteiger charge is -2.26. The third-order valence-electron chi connectivity index (χ3n) is 4.61. The molecule has 2 aromatic carbocycles. The largest absolute Gasteiger partial charge is 0.422 e. The van der Waals surface area contributed by atoms with E-state index in [0.29, 0.717) is 11.0 Å². The maximum atomic E-state index is 12.7. The Hall–Kier alpha value is -2.40. The van der Waals surface area contributed by atoms with E-state index in [-0.39, 0.29) is 11.6 Å². The molecular formula is C20H16BrNO3. The molecule has 4 rings (SSSR count). The Labute approximate surface area is 153 Å². The standard InChI is InChI=1S/C20H16BrNO3/c21-14-8-9-18-13(10-14)11-16(20(24)25-18)19(23)22-17-7-3-5-12-4-1-2-6-15(12)17/h1-2,4,6,8-11,17H,3,5,7H2,(H,22,23)/t17-/m0/s1. The number of aryl methyl sites for hydroxylation is 1. The molecular weight excluding hydrogens is 382 g/mol. The predicted molar refractivity (Wildman–Crippen MR) is 99.8 cm³/mol. The summed E-state index contributed by atoms with van der Waals surface area (Å²) >= 11 is 3.39. The highest BCUT2D eigenvalue weighted by atomic mass is 79.9. The topological polar surface area (TPSA) is 59.3 Å². The van der Waals surface area contributed by atoms with Crippen LogP contribution >= 0.6 is 15.9 Å². The summed E-state index contributed by atoms with van der Waals surface area (Å²) in [4.78, 5) is 24.9. The van der Waals surface area contributed by atoms with E-state index in [9.17, 15) is 9.59 Å². The molecule has 1 atom stereocenters. The second kappa shape index (κ2) is 6.48. The van der Waals surface area contributed by atoms with Crippen molar-refractivity contribution in [3.05, 3.63) is 80.1 Å². The highest BCUT2D eigenvalue weighted by Gasteiger charge is 2.23. The maximum Gasteiger partial charge on any atom is 0.349 e. The van der Waals surface area contributed by atoms with Gasteiger partial charge in [0.25, 0.3) is 5.91 Å². The van der Waals surface area contributed by atoms with Crippen LogP contribution in [0, 0.1) is 0 Å². The molecule has 0 bridgehead atoms. The van der Waals surface area contributed by atoms with E-state index >= 15 is 0 Å². The molecule has 126 valence electrons. The Bertz CT molecular complexity index is 1020. The predicted octanol–water partition coefficient (Wildman–Crippen LogP) is 4.36. The second-order valence-corrected chi connectivity index (χ2v) is 7.16. The average molecular weight is 398 g/mol. The molecule has 0 aliphatic heterocycles. The minimum atomic E-state index is -0.614. The maximum absolute atomic E-state index is 12.7. The van der Waals surface area contributed by atoms with Crippen LogP contribution in [0.2, 0.25) is 0 Å². The summed E-state index contributed by atoms with van der Waals surface area (Å²) < 4.78 is 6.15. The van der Waals surface area contributed by atoms with Crippen molar-refractivity contribution in [3.8, 4) is 0 Å². The van der Waals surface area contributed by atoms with Gasteiger partial charge in [-0.25, -0.2) is 4.79 Å². The molecule has 1 aliphatic carbocycles. The minimum absolute atomic E-state index is 0.0358. The first kappa shape index (κ1) is 16.1. The van der Waals surface area contributed by atoms with E-state index in [1.54, 1.807) is 18.2 Å². The molecule has 1 N–H and O–H groups in total. The van der Waals surface area contributed by atoms with Gasteiger partial charge in [-0.1, -0.05) is 40.2 Å². The van der Waals surface area contributed by atoms with Gasteiger partial charge in [0.1, 0.15) is 11.1 Å². The number of carbonyl (C=O) groups excluding carboxylic acids is 1. The lowest BCUT2D eigenvalue weighted by molar-refractivity contribution is 0.0929. The van der Waals surface area contributed by atoms with Crippen LogP contribution in [-0.2, 0) is 6.42 Å². The van der Waals surface area contributed by atoms with Crippen LogP contribution in [0.5, 0.6) is 0 Å². The van der Waals surface area contributed by atoms with Crippen molar-refractivity contribution in [3.63, 3.8) is 0 Å². The Kier molecular flexibility index (Phi) is 4.17. The number of benzene rings is 2. The fourth-order valence-electron chi connectivity index (χ4n) is 3.39. The van der Waals surface area contributed by atoms with Crippen molar-refractivity contribution in [2.45, 2.75) is 25.3 Å². The number of carbonyl (C=O) groups is 1. The van der Waals surface area contributed by atoms with Crippen LogP contribution in [0.1, 0.15) is 40.4 Å². The number of hydrogen-bond acceptors (Lipinski definition) is 3. The molecule has 3 aromatic rings. The van der Waals surface area contributed by atoms with Crippen molar-refractivity contribution in [1.82, 2.24) is 5.32 Å². The van der Waals surface area contributed by atoms with Crippen molar-refractivity contribution >= 4 is 32.8 Å². The molecule has 0 saturated heterocycles. The summed E-state index contributed by atoms with van der Waals surface area (Å²) in [5.41, 5.74) is 2.28. The fraction of sp³-hybridized carbons (Fsp3) is 0.200. The van der Waals surface area contributed by atoms with Gasteiger partial charge in [0, 0.05) is 9.86 Å². The monoisotopic (exact) mass is 397 g/mol. The van der Waals surface area contributed by atoms with Crippen molar-refractivity contribution in [2.24, 2.45) is 0 Å². The van der Waals surface area contributed by atoms with Crippen molar-refractivity contribution in [1.29, 1.82) is 0 Å². The molecule has 0 fully saturated rings. The zero-order chi connectivity index (χ0) is 17.4. The molecule has 0 spiro atoms. The number of hydrogen-bond donors (Lipinski definition) is 1. The Morgan fingerprint density at radius 1 is 1.16 bits per heavy atom. The van der Waals surface area contributed by atoms with E-state index < -0.39 is 11.5 Å². The van der Waals surface area contributed by atoms with E-state index in [1.807, 2.05) is 24.3 Å². The fourth-order valence-corrected chi connectivity index (χ4v) is 3.77. The van der Waals surface area contributed by atoms with Gasteiger partial charge in [-0.3, -0.25) is 4.79 Å². The van der Waals surface area contributed by atoms with Crippen LogP contribution in [0.4, 0.5) is 0 Å². The molecule has 1 amide bonds. The van der Waals surface area contributed by atoms with Crippen LogP contribution in [-0.4, -0.2) is 5.91 Å². The van der Waals surface area contributed by atoms with Gasteiger partial charge >= 0.3 is 5.63 Å². The third-order valence-corrected chi connectivity index (χ3v) is 5.11. The van der Waals surface area contributed by atoms with Crippen LogP contribution in [0.15, 0.2) is 62.2 Å². The smallest absolute Gasteiger partial charge is 0.349 e. The highest BCUT2D eigenvalue weighted by Crippen LogP contribution is 2.29. The summed E-state index contributed by atoms with van der Waals surface area (Å²) in [6.45, 7) is 0. The molecule has 5 heteroatoms. The number of fused-ring (bicyclic) bond motifs is 2. The highest BCUT2D eigenvalue weighted by molar-refractivity contribution is 9.10. The van der Waals surface area contributed by atoms with Crippen LogP contribution < -0.4 is 10.9 Å². The lowest BCUT2D eigenvalue weighted by Crippen LogP contribution is -2.33. The van der Waals surface area contributed by atoms with Crippen molar-refractivity contribution < 1.29 is 9.21 Å². The average Bonchev–Trinajstić information content (AvgIpc) is 2.62. The van der Waals surface area contributed by atoms with Gasteiger partial charge < -0.3 is 9.73 Å². The van der Waals surface area contributed by atoms with Gasteiger partial charge in [-0.15, -0.1) is 0 Å². The normalized spacial score (nSPS) is 16.4. The van der Waals surface area contributed by atoms with Gasteiger partial charge in [0.2, 0.25) is 0 Å². The molecule has 25 heavy (non-hydrogen) atoms. The molecule has 0 radical (unpaired) electrons. The van der Waals surface area contributed by atoms with Gasteiger partial charge in [-0.2, -0.15) is 0 Å². The van der Waals surface area contributed by atoms with Gasteiger partial charge in [0.05, 0.1) is 6.04 Å². The molecule has 0 unspecified atom stereocenters. The van der Waals surface area contributed by atoms with E-state index in [1.165, 1.54) is 5.56 Å². The molecule has 4 nitrogen and oxygen atoms in total. The number of rotatable bonds is 2. The summed E-state index contributed by atoms with van der Waals surface area (Å²) in [5.74, 6) is -0.391. The molecule has 1 heterocycles. The number of amides is 1. The number of nitrogens with one attached hydrogen (secondary N) is 1. The van der Waals surface area contributed by atoms with Crippen LogP contribution in [0.25, 0.3) is 11.0 Å². The third kappa shape index (κ3) is 3.12. The zero-order valence-electron chi connectivity index (χ0n) is 13.4. The van der Waals surface area contributed by atoms with Gasteiger partial charge in [0.15, 0.2) is 0 Å². The first-order chi connectivity index (χ1) is 12.1. The molecule has 1 aromatic heterocycles. The van der Waals surface area contributed by atoms with E-state index in [4.69, 9.17) is 4.42 Å². The SMILES string of the molecule is O=C(N[C@H]1CCCc2ccccc21)c1cc2cc(Br)ccc2oc1=O. The summed E-state index contributed by atoms with van der Waals surface area (Å²) in [5, 5.41) is 3.71. The second-order valence-electron chi connectivity index (χ2n) is 6.25. The Morgan fingerprint density at radius 2 is 2.00 bits per heavy atom. The first-order valence-corrected chi connectivity index (χ1v) is 9.03. The number of halogens is 1. The molecule has 1 aliphatic rings. The zero-order valence-corrected chi connectivity index (χ0v) is 15.0. The Morgan fingerprint density at radius 3 is 2.88 bits per heavy atom. The first-order valence-electron chi connectivity index (χ1n) is 8.24. The van der Waals surface area contributed by atoms with Crippen molar-refractivity contribution in [2.75, 3.05) is 0 Å². The molecule has 0 saturated carbocycles. The summed E-state index contributed by atoms with van der Waals surface area (Å²) in [7, 11) is 0. The van der Waals surface area contributed by atoms with Gasteiger partial charge in [-0.05, 0) is 54.7 Å². The lowest BCUT2D eigenvalue weighted by atomic mass is 9.87. The quantitative estimate of drug-likeness (QED) is 0.653. The van der Waals surface area contributed by atoms with Crippen LogP contribution in [0.3, 0.4) is 0 Å².